The normalized spacial score (nSPS) is 12.5. The van der Waals surface area contributed by atoms with Crippen LogP contribution in [0, 0.1) is 0 Å². The minimum atomic E-state index is -5.43. The molecule has 0 bridgehead atoms. The minimum absolute atomic E-state index is 0.161. The molecule has 0 fully saturated rings. The standard InChI is InChI=1S/C42H33NO12S4/c1-28(44)31-4-16-37(17-5-31)56(47,48)40-22-10-34(11-23-40)43(59(53,54)55,35-12-24-41(25-13-35)57(49,50)38-18-6-32(7-19-38)29(2)45)36-14-26-42(27-15-36)58(51,52)39-20-8-33(9-21-39)30(3)46/h4-27H,1-3H3/p+1. The molecule has 0 amide bonds. The van der Waals surface area contributed by atoms with Gasteiger partial charge in [-0.05, 0) is 93.6 Å². The van der Waals surface area contributed by atoms with Crippen molar-refractivity contribution in [3.8, 4) is 0 Å². The van der Waals surface area contributed by atoms with Crippen molar-refractivity contribution in [3.05, 3.63) is 162 Å². The van der Waals surface area contributed by atoms with Crippen molar-refractivity contribution in [2.24, 2.45) is 0 Å². The van der Waals surface area contributed by atoms with Crippen molar-refractivity contribution in [1.82, 2.24) is 3.89 Å². The fourth-order valence-electron chi connectivity index (χ4n) is 6.37. The Kier molecular flexibility index (Phi) is 11.3. The van der Waals surface area contributed by atoms with Gasteiger partial charge in [-0.1, -0.05) is 40.3 Å². The molecule has 1 N–H and O–H groups in total. The zero-order valence-electron chi connectivity index (χ0n) is 31.4. The molecule has 0 saturated heterocycles. The molecule has 0 aliphatic heterocycles. The largest absolute Gasteiger partial charge is 0.447 e. The van der Waals surface area contributed by atoms with Gasteiger partial charge >= 0.3 is 10.3 Å². The number of Topliss-reactive ketones (excluding diaryl/α,β-unsaturated/α-hetero) is 3. The lowest BCUT2D eigenvalue weighted by Gasteiger charge is -2.32. The van der Waals surface area contributed by atoms with E-state index in [0.29, 0.717) is 0 Å². The lowest BCUT2D eigenvalue weighted by atomic mass is 10.2. The number of benzene rings is 6. The molecule has 0 aliphatic rings. The molecule has 0 spiro atoms. The van der Waals surface area contributed by atoms with Gasteiger partial charge in [-0.25, -0.2) is 29.8 Å². The maximum absolute atomic E-state index is 13.9. The second-order valence-corrected chi connectivity index (χ2v) is 20.6. The summed E-state index contributed by atoms with van der Waals surface area (Å²) in [7, 11) is -18.1. The fraction of sp³-hybridized carbons (Fsp3) is 0.0714. The summed E-state index contributed by atoms with van der Waals surface area (Å²) in [5.41, 5.74) is 0.0644. The highest BCUT2D eigenvalue weighted by Crippen LogP contribution is 2.48. The van der Waals surface area contributed by atoms with Gasteiger partial charge in [0.15, 0.2) is 34.4 Å². The maximum Gasteiger partial charge on any atom is 0.447 e. The van der Waals surface area contributed by atoms with Gasteiger partial charge in [0.2, 0.25) is 29.5 Å². The first-order valence-corrected chi connectivity index (χ1v) is 23.2. The van der Waals surface area contributed by atoms with E-state index in [-0.39, 0.29) is 80.5 Å². The third-order valence-corrected chi connectivity index (χ3v) is 16.3. The van der Waals surface area contributed by atoms with Gasteiger partial charge < -0.3 is 0 Å². The third-order valence-electron chi connectivity index (χ3n) is 9.59. The van der Waals surface area contributed by atoms with E-state index < -0.39 is 43.7 Å². The number of ketones is 3. The molecule has 6 rings (SSSR count). The Morgan fingerprint density at radius 2 is 0.508 bits per heavy atom. The molecule has 0 heterocycles. The Morgan fingerprint density at radius 1 is 0.339 bits per heavy atom. The van der Waals surface area contributed by atoms with Crippen LogP contribution in [0.4, 0.5) is 17.1 Å². The fourth-order valence-corrected chi connectivity index (χ4v) is 11.3. The molecule has 59 heavy (non-hydrogen) atoms. The van der Waals surface area contributed by atoms with Crippen LogP contribution in [0.2, 0.25) is 0 Å². The Balaban J connectivity index is 1.51. The van der Waals surface area contributed by atoms with Crippen LogP contribution in [0.3, 0.4) is 0 Å². The Morgan fingerprint density at radius 3 is 0.661 bits per heavy atom. The smallest absolute Gasteiger partial charge is 0.295 e. The summed E-state index contributed by atoms with van der Waals surface area (Å²) in [4.78, 5) is 33.9. The van der Waals surface area contributed by atoms with E-state index in [9.17, 15) is 52.6 Å². The molecule has 6 aromatic carbocycles. The number of carbonyl (C=O) groups excluding carboxylic acids is 3. The molecule has 0 saturated carbocycles. The van der Waals surface area contributed by atoms with Crippen molar-refractivity contribution in [1.29, 1.82) is 0 Å². The molecule has 0 unspecified atom stereocenters. The molecule has 13 nitrogen and oxygen atoms in total. The highest BCUT2D eigenvalue weighted by Gasteiger charge is 2.49. The zero-order valence-corrected chi connectivity index (χ0v) is 34.6. The molecule has 0 aliphatic carbocycles. The number of hydrogen-bond acceptors (Lipinski definition) is 11. The Labute approximate surface area is 341 Å². The van der Waals surface area contributed by atoms with Crippen LogP contribution in [0.5, 0.6) is 0 Å². The van der Waals surface area contributed by atoms with Gasteiger partial charge in [0, 0.05) is 53.1 Å². The van der Waals surface area contributed by atoms with Gasteiger partial charge in [0.05, 0.1) is 29.4 Å². The highest BCUT2D eigenvalue weighted by atomic mass is 32.2. The van der Waals surface area contributed by atoms with E-state index in [2.05, 4.69) is 0 Å². The number of hydrogen-bond donors (Lipinski definition) is 1. The van der Waals surface area contributed by atoms with Crippen LogP contribution < -0.4 is 3.89 Å². The van der Waals surface area contributed by atoms with Crippen LogP contribution in [0.1, 0.15) is 51.8 Å². The maximum atomic E-state index is 13.9. The van der Waals surface area contributed by atoms with E-state index in [1.54, 1.807) is 0 Å². The van der Waals surface area contributed by atoms with Crippen molar-refractivity contribution in [2.45, 2.75) is 50.1 Å². The first-order valence-electron chi connectivity index (χ1n) is 17.4. The van der Waals surface area contributed by atoms with E-state index in [1.807, 2.05) is 0 Å². The number of quaternary nitrogens is 1. The van der Waals surface area contributed by atoms with Crippen LogP contribution >= 0.6 is 0 Å². The highest BCUT2D eigenvalue weighted by molar-refractivity contribution is 7.92. The Hall–Kier alpha value is -5.95. The zero-order chi connectivity index (χ0) is 43.1. The predicted molar refractivity (Wildman–Crippen MR) is 218 cm³/mol. The van der Waals surface area contributed by atoms with Crippen molar-refractivity contribution < 1.29 is 52.6 Å². The number of sulfone groups is 3. The van der Waals surface area contributed by atoms with Crippen LogP contribution in [-0.4, -0.2) is 55.6 Å². The average Bonchev–Trinajstić information content (AvgIpc) is 3.21. The average molecular weight is 873 g/mol. The molecule has 0 radical (unpaired) electrons. The van der Waals surface area contributed by atoms with Crippen LogP contribution in [0.25, 0.3) is 0 Å². The van der Waals surface area contributed by atoms with E-state index in [1.165, 1.54) is 93.6 Å². The molecule has 6 aromatic rings. The summed E-state index contributed by atoms with van der Waals surface area (Å²) < 4.78 is 119. The SMILES string of the molecule is CC(=O)c1ccc(S(=O)(=O)c2ccc([N+](c3ccc(S(=O)(=O)c4ccc(C(C)=O)cc4)cc3)(c3ccc(S(=O)(=O)c4ccc(C(C)=O)cc4)cc3)S(=O)(=O)O)cc2)cc1. The second kappa shape index (κ2) is 15.7. The summed E-state index contributed by atoms with van der Waals surface area (Å²) in [5, 5.41) is 0. The van der Waals surface area contributed by atoms with E-state index >= 15 is 0 Å². The van der Waals surface area contributed by atoms with Gasteiger partial charge in [0.25, 0.3) is 0 Å². The monoisotopic (exact) mass is 872 g/mol. The number of nitrogens with zero attached hydrogens (tertiary/aromatic N) is 1. The quantitative estimate of drug-likeness (QED) is 0.0677. The van der Waals surface area contributed by atoms with Gasteiger partial charge in [-0.15, -0.1) is 8.42 Å². The van der Waals surface area contributed by atoms with Gasteiger partial charge in [0.1, 0.15) is 0 Å². The van der Waals surface area contributed by atoms with Gasteiger partial charge in [-0.2, -0.15) is 0 Å². The first kappa shape index (κ1) is 42.7. The molecule has 17 heteroatoms. The molecule has 0 atom stereocenters. The summed E-state index contributed by atoms with van der Waals surface area (Å²) in [5.74, 6) is -0.832. The lowest BCUT2D eigenvalue weighted by molar-refractivity contribution is 0.100. The van der Waals surface area contributed by atoms with Crippen molar-refractivity contribution in [3.63, 3.8) is 0 Å². The molecule has 0 aromatic heterocycles. The van der Waals surface area contributed by atoms with E-state index in [4.69, 9.17) is 0 Å². The molecule has 302 valence electrons. The van der Waals surface area contributed by atoms with Gasteiger partial charge in [-0.3, -0.25) is 14.4 Å². The number of rotatable bonds is 13. The number of carbonyl (C=O) groups is 3. The lowest BCUT2D eigenvalue weighted by Crippen LogP contribution is -2.44. The van der Waals surface area contributed by atoms with E-state index in [0.717, 1.165) is 72.8 Å². The van der Waals surface area contributed by atoms with Crippen molar-refractivity contribution in [2.75, 3.05) is 0 Å². The molecular formula is C42H34NO12S4+. The second-order valence-electron chi connectivity index (χ2n) is 13.3. The Bertz CT molecular complexity index is 2760. The minimum Gasteiger partial charge on any atom is -0.295 e. The molecular weight excluding hydrogens is 839 g/mol. The third kappa shape index (κ3) is 7.83. The first-order chi connectivity index (χ1) is 27.6. The topological polar surface area (TPSA) is 208 Å². The van der Waals surface area contributed by atoms with Crippen LogP contribution in [-0.2, 0) is 39.8 Å². The summed E-state index contributed by atoms with van der Waals surface area (Å²) >= 11 is 0. The predicted octanol–water partition coefficient (Wildman–Crippen LogP) is 7.57. The van der Waals surface area contributed by atoms with Crippen molar-refractivity contribution >= 4 is 74.2 Å². The summed E-state index contributed by atoms with van der Waals surface area (Å²) in [6.45, 7) is 3.97. The summed E-state index contributed by atoms with van der Waals surface area (Å²) in [6, 6.07) is 29.0. The van der Waals surface area contributed by atoms with Crippen LogP contribution in [0.15, 0.2) is 175 Å². The summed E-state index contributed by atoms with van der Waals surface area (Å²) in [6.07, 6.45) is 0.